The highest BCUT2D eigenvalue weighted by molar-refractivity contribution is 5.95. The number of methoxy groups -OCH3 is 3. The van der Waals surface area contributed by atoms with Crippen LogP contribution >= 0.6 is 0 Å². The number of ether oxygens (including phenoxy) is 3. The Bertz CT molecular complexity index is 837. The highest BCUT2D eigenvalue weighted by atomic mass is 19.1. The third kappa shape index (κ3) is 3.62. The van der Waals surface area contributed by atoms with Crippen LogP contribution in [0.15, 0.2) is 36.4 Å². The maximum absolute atomic E-state index is 14.1. The van der Waals surface area contributed by atoms with Crippen LogP contribution in [0.2, 0.25) is 0 Å². The molecule has 3 rings (SSSR count). The second kappa shape index (κ2) is 8.06. The van der Waals surface area contributed by atoms with Crippen molar-refractivity contribution in [3.05, 3.63) is 53.3 Å². The molecule has 0 saturated carbocycles. The summed E-state index contributed by atoms with van der Waals surface area (Å²) in [6.45, 7) is 0.612. The van der Waals surface area contributed by atoms with E-state index in [4.69, 9.17) is 14.2 Å². The van der Waals surface area contributed by atoms with E-state index in [1.807, 2.05) is 0 Å². The summed E-state index contributed by atoms with van der Waals surface area (Å²) in [7, 11) is 4.47. The molecule has 1 N–H and O–H groups in total. The monoisotopic (exact) mass is 389 g/mol. The Morgan fingerprint density at radius 2 is 1.61 bits per heavy atom. The van der Waals surface area contributed by atoms with Crippen molar-refractivity contribution in [2.45, 2.75) is 18.4 Å². The Morgan fingerprint density at radius 3 is 2.11 bits per heavy atom. The predicted octanol–water partition coefficient (Wildman–Crippen LogP) is 2.98. The van der Waals surface area contributed by atoms with Crippen molar-refractivity contribution < 1.29 is 28.5 Å². The van der Waals surface area contributed by atoms with Gasteiger partial charge in [0.05, 0.1) is 26.9 Å². The smallest absolute Gasteiger partial charge is 0.254 e. The summed E-state index contributed by atoms with van der Waals surface area (Å²) in [6.07, 6.45) is 0.508. The molecule has 28 heavy (non-hydrogen) atoms. The number of carbonyl (C=O) groups is 1. The molecule has 0 unspecified atom stereocenters. The van der Waals surface area contributed by atoms with Gasteiger partial charge >= 0.3 is 0 Å². The quantitative estimate of drug-likeness (QED) is 0.852. The molecule has 150 valence electrons. The van der Waals surface area contributed by atoms with Gasteiger partial charge in [0, 0.05) is 24.2 Å². The van der Waals surface area contributed by atoms with Crippen LogP contribution in [0.5, 0.6) is 17.2 Å². The highest BCUT2D eigenvalue weighted by Crippen LogP contribution is 2.39. The number of halogens is 1. The van der Waals surface area contributed by atoms with E-state index in [1.165, 1.54) is 27.4 Å². The van der Waals surface area contributed by atoms with Gasteiger partial charge in [0.2, 0.25) is 5.75 Å². The van der Waals surface area contributed by atoms with Crippen molar-refractivity contribution in [3.8, 4) is 17.2 Å². The summed E-state index contributed by atoms with van der Waals surface area (Å²) >= 11 is 0. The minimum atomic E-state index is -1.28. The fourth-order valence-electron chi connectivity index (χ4n) is 3.57. The zero-order valence-corrected chi connectivity index (χ0v) is 16.2. The van der Waals surface area contributed by atoms with Crippen LogP contribution in [0.3, 0.4) is 0 Å². The van der Waals surface area contributed by atoms with Gasteiger partial charge in [-0.15, -0.1) is 0 Å². The summed E-state index contributed by atoms with van der Waals surface area (Å²) in [5.41, 5.74) is -0.613. The van der Waals surface area contributed by atoms with Crippen molar-refractivity contribution in [2.75, 3.05) is 34.4 Å². The molecule has 2 aromatic rings. The van der Waals surface area contributed by atoms with Crippen LogP contribution in [0.25, 0.3) is 0 Å². The molecular weight excluding hydrogens is 365 g/mol. The van der Waals surface area contributed by atoms with Crippen molar-refractivity contribution in [2.24, 2.45) is 0 Å². The van der Waals surface area contributed by atoms with Gasteiger partial charge in [0.25, 0.3) is 5.91 Å². The number of piperidine rings is 1. The fourth-order valence-corrected chi connectivity index (χ4v) is 3.57. The van der Waals surface area contributed by atoms with Gasteiger partial charge in [-0.25, -0.2) is 4.39 Å². The second-order valence-corrected chi connectivity index (χ2v) is 6.72. The summed E-state index contributed by atoms with van der Waals surface area (Å²) in [6, 6.07) is 9.41. The molecule has 1 saturated heterocycles. The van der Waals surface area contributed by atoms with E-state index in [1.54, 1.807) is 35.2 Å². The molecule has 6 nitrogen and oxygen atoms in total. The molecule has 1 fully saturated rings. The first-order valence-electron chi connectivity index (χ1n) is 9.00. The topological polar surface area (TPSA) is 68.2 Å². The molecule has 1 aliphatic heterocycles. The number of hydrogen-bond donors (Lipinski definition) is 1. The Morgan fingerprint density at radius 1 is 1.04 bits per heavy atom. The minimum absolute atomic E-state index is 0.213. The van der Waals surface area contributed by atoms with Gasteiger partial charge in [-0.1, -0.05) is 18.2 Å². The van der Waals surface area contributed by atoms with E-state index in [9.17, 15) is 14.3 Å². The number of carbonyl (C=O) groups excluding carboxylic acids is 1. The van der Waals surface area contributed by atoms with Crippen LogP contribution in [0.1, 0.15) is 28.8 Å². The molecule has 1 heterocycles. The molecule has 0 bridgehead atoms. The van der Waals surface area contributed by atoms with Crippen LogP contribution in [-0.2, 0) is 5.60 Å². The molecule has 7 heteroatoms. The summed E-state index contributed by atoms with van der Waals surface area (Å²) in [5, 5.41) is 10.9. The average molecular weight is 389 g/mol. The maximum Gasteiger partial charge on any atom is 0.254 e. The van der Waals surface area contributed by atoms with E-state index in [-0.39, 0.29) is 24.3 Å². The standard InChI is InChI=1S/C21H24FNO5/c1-26-17-12-14(13-18(27-2)19(17)28-3)20(24)23-10-8-21(25,9-11-23)15-6-4-5-7-16(15)22/h4-7,12-13,25H,8-11H2,1-3H3. The first-order valence-corrected chi connectivity index (χ1v) is 9.00. The lowest BCUT2D eigenvalue weighted by atomic mass is 9.84. The number of nitrogens with zero attached hydrogens (tertiary/aromatic N) is 1. The molecule has 1 amide bonds. The van der Waals surface area contributed by atoms with Crippen molar-refractivity contribution in [3.63, 3.8) is 0 Å². The fraction of sp³-hybridized carbons (Fsp3) is 0.381. The Hall–Kier alpha value is -2.80. The van der Waals surface area contributed by atoms with Crippen molar-refractivity contribution >= 4 is 5.91 Å². The molecule has 0 radical (unpaired) electrons. The number of aliphatic hydroxyl groups is 1. The number of amides is 1. The third-order valence-corrected chi connectivity index (χ3v) is 5.16. The summed E-state index contributed by atoms with van der Waals surface area (Å²) in [5.74, 6) is 0.550. The van der Waals surface area contributed by atoms with E-state index in [0.29, 0.717) is 35.9 Å². The second-order valence-electron chi connectivity index (χ2n) is 6.72. The summed E-state index contributed by atoms with van der Waals surface area (Å²) in [4.78, 5) is 14.6. The van der Waals surface area contributed by atoms with Crippen LogP contribution in [0.4, 0.5) is 4.39 Å². The zero-order chi connectivity index (χ0) is 20.3. The SMILES string of the molecule is COc1cc(C(=O)N2CCC(O)(c3ccccc3F)CC2)cc(OC)c1OC. The Labute approximate surface area is 163 Å². The zero-order valence-electron chi connectivity index (χ0n) is 16.2. The van der Waals surface area contributed by atoms with Gasteiger partial charge in [-0.2, -0.15) is 0 Å². The van der Waals surface area contributed by atoms with Gasteiger partial charge in [0.1, 0.15) is 5.82 Å². The molecule has 0 aliphatic carbocycles. The lowest BCUT2D eigenvalue weighted by Gasteiger charge is -2.38. The molecule has 1 aliphatic rings. The molecule has 0 spiro atoms. The van der Waals surface area contributed by atoms with Crippen LogP contribution < -0.4 is 14.2 Å². The number of rotatable bonds is 5. The Balaban J connectivity index is 1.80. The normalized spacial score (nSPS) is 15.8. The van der Waals surface area contributed by atoms with E-state index < -0.39 is 11.4 Å². The van der Waals surface area contributed by atoms with Gasteiger partial charge in [-0.05, 0) is 31.0 Å². The maximum atomic E-state index is 14.1. The van der Waals surface area contributed by atoms with Crippen molar-refractivity contribution in [1.29, 1.82) is 0 Å². The predicted molar refractivity (Wildman–Crippen MR) is 102 cm³/mol. The molecular formula is C21H24FNO5. The molecule has 2 aromatic carbocycles. The van der Waals surface area contributed by atoms with Gasteiger partial charge in [0.15, 0.2) is 11.5 Å². The van der Waals surface area contributed by atoms with Crippen molar-refractivity contribution in [1.82, 2.24) is 4.90 Å². The number of likely N-dealkylation sites (tertiary alicyclic amines) is 1. The van der Waals surface area contributed by atoms with E-state index in [0.717, 1.165) is 0 Å². The van der Waals surface area contributed by atoms with Gasteiger partial charge in [-0.3, -0.25) is 4.79 Å². The average Bonchev–Trinajstić information content (AvgIpc) is 2.72. The van der Waals surface area contributed by atoms with Crippen LogP contribution in [-0.4, -0.2) is 50.3 Å². The summed E-state index contributed by atoms with van der Waals surface area (Å²) < 4.78 is 30.0. The largest absolute Gasteiger partial charge is 0.493 e. The Kier molecular flexibility index (Phi) is 5.74. The lowest BCUT2D eigenvalue weighted by Crippen LogP contribution is -2.45. The first kappa shape index (κ1) is 19.9. The van der Waals surface area contributed by atoms with Crippen LogP contribution in [0, 0.1) is 5.82 Å². The van der Waals surface area contributed by atoms with E-state index >= 15 is 0 Å². The first-order chi connectivity index (χ1) is 13.4. The van der Waals surface area contributed by atoms with Gasteiger partial charge < -0.3 is 24.2 Å². The third-order valence-electron chi connectivity index (χ3n) is 5.16. The highest BCUT2D eigenvalue weighted by Gasteiger charge is 2.37. The molecule has 0 aromatic heterocycles. The number of hydrogen-bond acceptors (Lipinski definition) is 5. The number of benzene rings is 2. The van der Waals surface area contributed by atoms with E-state index in [2.05, 4.69) is 0 Å². The lowest BCUT2D eigenvalue weighted by molar-refractivity contribution is -0.0236. The molecule has 0 atom stereocenters. The minimum Gasteiger partial charge on any atom is -0.493 e.